The molecule has 3 N–H and O–H groups in total. The van der Waals surface area contributed by atoms with Gasteiger partial charge in [0.25, 0.3) is 5.91 Å². The highest BCUT2D eigenvalue weighted by atomic mass is 19.4. The Balaban J connectivity index is 2.05. The molecule has 1 radical (unpaired) electrons. The Morgan fingerprint density at radius 1 is 1.21 bits per heavy atom. The number of hydrogen-bond acceptors (Lipinski definition) is 3. The van der Waals surface area contributed by atoms with E-state index < -0.39 is 17.6 Å². The zero-order chi connectivity index (χ0) is 20.7. The van der Waals surface area contributed by atoms with Gasteiger partial charge in [-0.15, -0.1) is 0 Å². The van der Waals surface area contributed by atoms with Gasteiger partial charge in [-0.05, 0) is 44.4 Å². The van der Waals surface area contributed by atoms with Gasteiger partial charge in [-0.2, -0.15) is 13.2 Å². The average molecular weight is 396 g/mol. The molecule has 2 amide bonds. The maximum atomic E-state index is 13.0. The van der Waals surface area contributed by atoms with Crippen molar-refractivity contribution in [1.29, 1.82) is 0 Å². The Labute approximate surface area is 162 Å². The first-order valence-corrected chi connectivity index (χ1v) is 9.17. The van der Waals surface area contributed by atoms with E-state index in [0.717, 1.165) is 43.4 Å². The van der Waals surface area contributed by atoms with Gasteiger partial charge in [0.05, 0.1) is 17.7 Å². The summed E-state index contributed by atoms with van der Waals surface area (Å²) in [5.74, 6) is -1.13. The Hall–Kier alpha value is -2.51. The highest BCUT2D eigenvalue weighted by Crippen LogP contribution is 2.32. The smallest absolute Gasteiger partial charge is 0.381 e. The lowest BCUT2D eigenvalue weighted by Gasteiger charge is -2.22. The molecule has 1 unspecified atom stereocenters. The summed E-state index contributed by atoms with van der Waals surface area (Å²) in [6, 6.07) is 2.86. The lowest BCUT2D eigenvalue weighted by atomic mass is 9.95. The van der Waals surface area contributed by atoms with Crippen LogP contribution in [0, 0.1) is 6.42 Å². The van der Waals surface area contributed by atoms with Crippen LogP contribution in [0.2, 0.25) is 0 Å². The Morgan fingerprint density at radius 2 is 1.96 bits per heavy atom. The number of carbonyl (C=O) groups excluding carboxylic acids is 2. The number of anilines is 1. The first-order chi connectivity index (χ1) is 13.2. The number of rotatable bonds is 7. The maximum absolute atomic E-state index is 13.0. The van der Waals surface area contributed by atoms with Crippen molar-refractivity contribution < 1.29 is 22.8 Å². The summed E-state index contributed by atoms with van der Waals surface area (Å²) >= 11 is 0. The number of alkyl halides is 3. The van der Waals surface area contributed by atoms with E-state index >= 15 is 0 Å². The van der Waals surface area contributed by atoms with Gasteiger partial charge in [0.2, 0.25) is 5.91 Å². The third-order valence-electron chi connectivity index (χ3n) is 4.35. The van der Waals surface area contributed by atoms with Gasteiger partial charge in [-0.25, -0.2) is 0 Å². The van der Waals surface area contributed by atoms with Crippen LogP contribution in [0.3, 0.4) is 0 Å². The largest absolute Gasteiger partial charge is 0.416 e. The van der Waals surface area contributed by atoms with Gasteiger partial charge < -0.3 is 16.0 Å². The van der Waals surface area contributed by atoms with E-state index in [2.05, 4.69) is 22.5 Å². The van der Waals surface area contributed by atoms with Crippen LogP contribution >= 0.6 is 0 Å². The molecule has 0 aromatic heterocycles. The van der Waals surface area contributed by atoms with Crippen molar-refractivity contribution in [2.45, 2.75) is 44.8 Å². The molecule has 28 heavy (non-hydrogen) atoms. The van der Waals surface area contributed by atoms with Crippen molar-refractivity contribution in [3.63, 3.8) is 0 Å². The monoisotopic (exact) mass is 396 g/mol. The van der Waals surface area contributed by atoms with E-state index in [0.29, 0.717) is 6.54 Å². The summed E-state index contributed by atoms with van der Waals surface area (Å²) < 4.78 is 39.1. The minimum Gasteiger partial charge on any atom is -0.381 e. The van der Waals surface area contributed by atoms with Gasteiger partial charge in [-0.3, -0.25) is 9.59 Å². The van der Waals surface area contributed by atoms with Crippen molar-refractivity contribution in [3.8, 4) is 0 Å². The summed E-state index contributed by atoms with van der Waals surface area (Å²) in [6.07, 6.45) is 1.35. The Morgan fingerprint density at radius 3 is 2.57 bits per heavy atom. The van der Waals surface area contributed by atoms with E-state index in [1.165, 1.54) is 6.07 Å². The van der Waals surface area contributed by atoms with Gasteiger partial charge in [0, 0.05) is 18.3 Å². The fourth-order valence-corrected chi connectivity index (χ4v) is 2.90. The van der Waals surface area contributed by atoms with Gasteiger partial charge in [0.15, 0.2) is 0 Å². The average Bonchev–Trinajstić information content (AvgIpc) is 2.64. The number of carbonyl (C=O) groups is 2. The zero-order valence-corrected chi connectivity index (χ0v) is 15.8. The van der Waals surface area contributed by atoms with Gasteiger partial charge >= 0.3 is 6.18 Å². The SMILES string of the molecule is C=C(C)CNc1ccc(C(F)(F)F)cc1C(=O)NCC(=O)NC1[CH]CCCC1. The number of halogens is 3. The third kappa shape index (κ3) is 6.58. The topological polar surface area (TPSA) is 70.2 Å². The van der Waals surface area contributed by atoms with Crippen molar-refractivity contribution in [3.05, 3.63) is 47.9 Å². The minimum atomic E-state index is -4.57. The molecule has 0 spiro atoms. The number of hydrogen-bond donors (Lipinski definition) is 3. The Kier molecular flexibility index (Phi) is 7.48. The van der Waals surface area contributed by atoms with E-state index in [1.54, 1.807) is 6.92 Å². The molecule has 1 aromatic carbocycles. The van der Waals surface area contributed by atoms with Crippen LogP contribution < -0.4 is 16.0 Å². The van der Waals surface area contributed by atoms with Crippen LogP contribution in [0.15, 0.2) is 30.4 Å². The normalized spacial score (nSPS) is 15.0. The molecule has 1 saturated carbocycles. The van der Waals surface area contributed by atoms with E-state index in [4.69, 9.17) is 0 Å². The second kappa shape index (κ2) is 9.61. The lowest BCUT2D eigenvalue weighted by molar-refractivity contribution is -0.137. The molecule has 0 saturated heterocycles. The molecule has 2 rings (SSSR count). The van der Waals surface area contributed by atoms with Gasteiger partial charge in [-0.1, -0.05) is 25.0 Å². The van der Waals surface area contributed by atoms with Crippen LogP contribution in [-0.2, 0) is 11.0 Å². The zero-order valence-electron chi connectivity index (χ0n) is 15.8. The molecule has 1 aliphatic carbocycles. The van der Waals surface area contributed by atoms with Crippen LogP contribution in [0.1, 0.15) is 48.5 Å². The second-order valence-corrected chi connectivity index (χ2v) is 6.95. The summed E-state index contributed by atoms with van der Waals surface area (Å²) in [6.45, 7) is 5.47. The van der Waals surface area contributed by atoms with E-state index in [1.807, 2.05) is 6.42 Å². The van der Waals surface area contributed by atoms with Crippen molar-refractivity contribution in [2.75, 3.05) is 18.4 Å². The molecule has 0 bridgehead atoms. The molecule has 1 fully saturated rings. The standard InChI is InChI=1S/C20H25F3N3O2/c1-13(2)11-24-17-9-8-14(20(21,22)23)10-16(17)19(28)25-12-18(27)26-15-6-4-3-5-7-15/h6,8-10,15,24H,1,3-5,7,11-12H2,2H3,(H,25,28)(H,26,27). The first-order valence-electron chi connectivity index (χ1n) is 9.17. The third-order valence-corrected chi connectivity index (χ3v) is 4.35. The summed E-state index contributed by atoms with van der Waals surface area (Å²) in [4.78, 5) is 24.5. The summed E-state index contributed by atoms with van der Waals surface area (Å²) in [5, 5.41) is 8.09. The highest BCUT2D eigenvalue weighted by Gasteiger charge is 2.32. The number of amides is 2. The van der Waals surface area contributed by atoms with Crippen molar-refractivity contribution in [2.24, 2.45) is 0 Å². The molecule has 1 atom stereocenters. The van der Waals surface area contributed by atoms with Crippen molar-refractivity contribution >= 4 is 17.5 Å². The quantitative estimate of drug-likeness (QED) is 0.616. The second-order valence-electron chi connectivity index (χ2n) is 6.95. The minimum absolute atomic E-state index is 0.0282. The highest BCUT2D eigenvalue weighted by molar-refractivity contribution is 6.01. The number of benzene rings is 1. The maximum Gasteiger partial charge on any atom is 0.416 e. The lowest BCUT2D eigenvalue weighted by Crippen LogP contribution is -2.43. The Bertz CT molecular complexity index is 726. The summed E-state index contributed by atoms with van der Waals surface area (Å²) in [5.41, 5.74) is -0.100. The van der Waals surface area contributed by atoms with E-state index in [-0.39, 0.29) is 29.7 Å². The summed E-state index contributed by atoms with van der Waals surface area (Å²) in [7, 11) is 0. The molecule has 8 heteroatoms. The van der Waals surface area contributed by atoms with Gasteiger partial charge in [0.1, 0.15) is 0 Å². The van der Waals surface area contributed by atoms with Crippen LogP contribution in [-0.4, -0.2) is 30.9 Å². The fraction of sp³-hybridized carbons (Fsp3) is 0.450. The molecular weight excluding hydrogens is 371 g/mol. The van der Waals surface area contributed by atoms with Crippen LogP contribution in [0.4, 0.5) is 18.9 Å². The predicted octanol–water partition coefficient (Wildman–Crippen LogP) is 3.69. The van der Waals surface area contributed by atoms with Crippen LogP contribution in [0.5, 0.6) is 0 Å². The molecule has 153 valence electrons. The van der Waals surface area contributed by atoms with Crippen molar-refractivity contribution in [1.82, 2.24) is 10.6 Å². The fourth-order valence-electron chi connectivity index (χ4n) is 2.90. The predicted molar refractivity (Wildman–Crippen MR) is 102 cm³/mol. The molecule has 0 aliphatic heterocycles. The number of nitrogens with one attached hydrogen (secondary N) is 3. The first kappa shape index (κ1) is 21.8. The molecule has 1 aromatic rings. The molecule has 1 aliphatic rings. The van der Waals surface area contributed by atoms with E-state index in [9.17, 15) is 22.8 Å². The molecule has 0 heterocycles. The molecular formula is C20H25F3N3O2. The van der Waals surface area contributed by atoms with Crippen LogP contribution in [0.25, 0.3) is 0 Å². The molecule has 5 nitrogen and oxygen atoms in total.